The number of amides is 2. The molecule has 0 atom stereocenters. The van der Waals surface area contributed by atoms with Gasteiger partial charge in [-0.1, -0.05) is 38.1 Å². The highest BCUT2D eigenvalue weighted by Crippen LogP contribution is 2.38. The molecule has 2 aromatic carbocycles. The van der Waals surface area contributed by atoms with Crippen molar-refractivity contribution in [1.82, 2.24) is 0 Å². The van der Waals surface area contributed by atoms with Crippen LogP contribution < -0.4 is 9.64 Å². The molecule has 28 heavy (non-hydrogen) atoms. The molecule has 0 fully saturated rings. The van der Waals surface area contributed by atoms with E-state index < -0.39 is 0 Å². The molecular weight excluding hydrogens is 374 g/mol. The predicted octanol–water partition coefficient (Wildman–Crippen LogP) is 3.83. The van der Waals surface area contributed by atoms with Crippen LogP contribution in [0.25, 0.3) is 5.57 Å². The Morgan fingerprint density at radius 3 is 2.18 bits per heavy atom. The van der Waals surface area contributed by atoms with Crippen LogP contribution in [-0.4, -0.2) is 36.4 Å². The minimum absolute atomic E-state index is 0.0748. The second-order valence-electron chi connectivity index (χ2n) is 6.70. The smallest absolute Gasteiger partial charge is 0.272 e. The van der Waals surface area contributed by atoms with Crippen molar-refractivity contribution in [2.45, 2.75) is 19.8 Å². The predicted molar refractivity (Wildman–Crippen MR) is 112 cm³/mol. The van der Waals surface area contributed by atoms with Crippen molar-refractivity contribution in [3.8, 4) is 5.75 Å². The largest absolute Gasteiger partial charge is 0.497 e. The molecule has 1 aliphatic heterocycles. The van der Waals surface area contributed by atoms with E-state index in [9.17, 15) is 14.7 Å². The standard InChI is InChI=1S/C22H23NO4S/c1-14(2)15-4-8-17(9-5-15)23-21(25)19(20(22(23)26)28-13-12-24)16-6-10-18(27-3)11-7-16/h4-11,14,24H,12-13H2,1-3H3. The number of rotatable bonds is 7. The first kappa shape index (κ1) is 20.2. The molecule has 2 amide bonds. The summed E-state index contributed by atoms with van der Waals surface area (Å²) in [5.74, 6) is 0.669. The Morgan fingerprint density at radius 1 is 1.00 bits per heavy atom. The second kappa shape index (κ2) is 8.63. The molecule has 146 valence electrons. The van der Waals surface area contributed by atoms with Crippen LogP contribution in [-0.2, 0) is 9.59 Å². The lowest BCUT2D eigenvalue weighted by molar-refractivity contribution is -0.119. The Bertz CT molecular complexity index is 901. The van der Waals surface area contributed by atoms with Crippen molar-refractivity contribution >= 4 is 34.8 Å². The molecule has 0 saturated heterocycles. The molecule has 1 heterocycles. The summed E-state index contributed by atoms with van der Waals surface area (Å²) in [4.78, 5) is 27.8. The molecule has 5 nitrogen and oxygen atoms in total. The number of carbonyl (C=O) groups is 2. The fraction of sp³-hybridized carbons (Fsp3) is 0.273. The molecule has 0 radical (unpaired) electrons. The van der Waals surface area contributed by atoms with Gasteiger partial charge in [0.2, 0.25) is 0 Å². The summed E-state index contributed by atoms with van der Waals surface area (Å²) in [7, 11) is 1.57. The number of anilines is 1. The molecule has 1 N–H and O–H groups in total. The molecule has 0 unspecified atom stereocenters. The number of imide groups is 1. The van der Waals surface area contributed by atoms with E-state index in [0.717, 1.165) is 5.56 Å². The molecule has 6 heteroatoms. The first-order chi connectivity index (χ1) is 13.5. The number of benzene rings is 2. The van der Waals surface area contributed by atoms with Gasteiger partial charge in [0.25, 0.3) is 11.8 Å². The Hall–Kier alpha value is -2.57. The first-order valence-electron chi connectivity index (χ1n) is 9.09. The number of aliphatic hydroxyl groups excluding tert-OH is 1. The minimum atomic E-state index is -0.355. The van der Waals surface area contributed by atoms with Gasteiger partial charge < -0.3 is 9.84 Å². The van der Waals surface area contributed by atoms with E-state index in [0.29, 0.717) is 39.1 Å². The van der Waals surface area contributed by atoms with Gasteiger partial charge in [-0.2, -0.15) is 0 Å². The third-order valence-corrected chi connectivity index (χ3v) is 5.63. The van der Waals surface area contributed by atoms with Gasteiger partial charge in [-0.15, -0.1) is 11.8 Å². The third kappa shape index (κ3) is 3.84. The molecular formula is C22H23NO4S. The molecule has 0 aliphatic carbocycles. The summed E-state index contributed by atoms with van der Waals surface area (Å²) in [5.41, 5.74) is 2.70. The van der Waals surface area contributed by atoms with E-state index in [1.807, 2.05) is 12.1 Å². The van der Waals surface area contributed by atoms with Crippen molar-refractivity contribution in [2.75, 3.05) is 24.4 Å². The maximum atomic E-state index is 13.2. The van der Waals surface area contributed by atoms with E-state index >= 15 is 0 Å². The first-order valence-corrected chi connectivity index (χ1v) is 10.1. The van der Waals surface area contributed by atoms with Gasteiger partial charge in [0.15, 0.2) is 0 Å². The lowest BCUT2D eigenvalue weighted by Gasteiger charge is -2.16. The van der Waals surface area contributed by atoms with Gasteiger partial charge in [0, 0.05) is 5.75 Å². The van der Waals surface area contributed by atoms with Gasteiger partial charge in [0.1, 0.15) is 5.75 Å². The van der Waals surface area contributed by atoms with Gasteiger partial charge >= 0.3 is 0 Å². The number of aliphatic hydroxyl groups is 1. The van der Waals surface area contributed by atoms with Crippen molar-refractivity contribution in [1.29, 1.82) is 0 Å². The average molecular weight is 397 g/mol. The number of ether oxygens (including phenoxy) is 1. The second-order valence-corrected chi connectivity index (χ2v) is 7.80. The Morgan fingerprint density at radius 2 is 1.64 bits per heavy atom. The molecule has 2 aromatic rings. The summed E-state index contributed by atoms with van der Waals surface area (Å²) in [6.45, 7) is 4.11. The lowest BCUT2D eigenvalue weighted by atomic mass is 10.0. The molecule has 3 rings (SSSR count). The highest BCUT2D eigenvalue weighted by atomic mass is 32.2. The van der Waals surface area contributed by atoms with Crippen LogP contribution in [0, 0.1) is 0 Å². The molecule has 0 bridgehead atoms. The zero-order valence-corrected chi connectivity index (χ0v) is 17.0. The van der Waals surface area contributed by atoms with E-state index in [1.165, 1.54) is 16.7 Å². The zero-order valence-electron chi connectivity index (χ0n) is 16.1. The molecule has 0 saturated carbocycles. The van der Waals surface area contributed by atoms with E-state index in [-0.39, 0.29) is 18.4 Å². The molecule has 0 spiro atoms. The van der Waals surface area contributed by atoms with Gasteiger partial charge in [-0.05, 0) is 41.3 Å². The quantitative estimate of drug-likeness (QED) is 0.720. The number of thioether (sulfide) groups is 1. The van der Waals surface area contributed by atoms with Crippen molar-refractivity contribution in [3.05, 3.63) is 64.6 Å². The van der Waals surface area contributed by atoms with Crippen LogP contribution in [0.5, 0.6) is 5.75 Å². The zero-order chi connectivity index (χ0) is 20.3. The van der Waals surface area contributed by atoms with Crippen LogP contribution in [0.1, 0.15) is 30.9 Å². The molecule has 0 aromatic heterocycles. The Kier molecular flexibility index (Phi) is 6.21. The Balaban J connectivity index is 2.00. The van der Waals surface area contributed by atoms with Gasteiger partial charge in [0.05, 0.1) is 29.9 Å². The van der Waals surface area contributed by atoms with Gasteiger partial charge in [-0.3, -0.25) is 9.59 Å². The fourth-order valence-corrected chi connectivity index (χ4v) is 3.91. The summed E-state index contributed by atoms with van der Waals surface area (Å²) < 4.78 is 5.18. The van der Waals surface area contributed by atoms with Gasteiger partial charge in [-0.25, -0.2) is 4.90 Å². The highest BCUT2D eigenvalue weighted by molar-refractivity contribution is 8.04. The lowest BCUT2D eigenvalue weighted by Crippen LogP contribution is -2.31. The average Bonchev–Trinajstić information content (AvgIpc) is 2.96. The summed E-state index contributed by atoms with van der Waals surface area (Å²) >= 11 is 1.20. The number of nitrogens with zero attached hydrogens (tertiary/aromatic N) is 1. The normalized spacial score (nSPS) is 14.4. The fourth-order valence-electron chi connectivity index (χ4n) is 3.05. The van der Waals surface area contributed by atoms with Crippen LogP contribution in [0.3, 0.4) is 0 Å². The summed E-state index contributed by atoms with van der Waals surface area (Å²) in [5, 5.41) is 9.20. The SMILES string of the molecule is COc1ccc(C2=C(SCCO)C(=O)N(c3ccc(C(C)C)cc3)C2=O)cc1. The summed E-state index contributed by atoms with van der Waals surface area (Å²) in [6, 6.07) is 14.5. The van der Waals surface area contributed by atoms with E-state index in [1.54, 1.807) is 43.5 Å². The van der Waals surface area contributed by atoms with Crippen molar-refractivity contribution in [2.24, 2.45) is 0 Å². The van der Waals surface area contributed by atoms with E-state index in [2.05, 4.69) is 13.8 Å². The van der Waals surface area contributed by atoms with Crippen molar-refractivity contribution < 1.29 is 19.4 Å². The number of hydrogen-bond acceptors (Lipinski definition) is 5. The van der Waals surface area contributed by atoms with Crippen LogP contribution in [0.15, 0.2) is 53.4 Å². The van der Waals surface area contributed by atoms with Crippen LogP contribution >= 0.6 is 11.8 Å². The minimum Gasteiger partial charge on any atom is -0.497 e. The summed E-state index contributed by atoms with van der Waals surface area (Å²) in [6.07, 6.45) is 0. The third-order valence-electron chi connectivity index (χ3n) is 4.58. The van der Waals surface area contributed by atoms with Crippen LogP contribution in [0.4, 0.5) is 5.69 Å². The maximum Gasteiger partial charge on any atom is 0.272 e. The topological polar surface area (TPSA) is 66.8 Å². The van der Waals surface area contributed by atoms with Crippen LogP contribution in [0.2, 0.25) is 0 Å². The number of methoxy groups -OCH3 is 1. The maximum absolute atomic E-state index is 13.2. The molecule has 1 aliphatic rings. The monoisotopic (exact) mass is 397 g/mol. The number of hydrogen-bond donors (Lipinski definition) is 1. The highest BCUT2D eigenvalue weighted by Gasteiger charge is 2.40. The van der Waals surface area contributed by atoms with Crippen molar-refractivity contribution in [3.63, 3.8) is 0 Å². The number of carbonyl (C=O) groups excluding carboxylic acids is 2. The Labute approximate surface area is 169 Å². The van der Waals surface area contributed by atoms with E-state index in [4.69, 9.17) is 4.74 Å².